The first-order valence-electron chi connectivity index (χ1n) is 7.80. The number of esters is 1. The van der Waals surface area contributed by atoms with Crippen molar-refractivity contribution in [3.8, 4) is 0 Å². The molecule has 26 heavy (non-hydrogen) atoms. The Morgan fingerprint density at radius 2 is 1.65 bits per heavy atom. The fraction of sp³-hybridized carbons (Fsp3) is 0.100. The van der Waals surface area contributed by atoms with E-state index in [4.69, 9.17) is 4.74 Å². The number of carbonyl (C=O) groups excluding carboxylic acids is 2. The standard InChI is InChI=1S/C20H15F2NO3/c1-12-18(20(25)26-2)14(11-13-7-3-4-8-15(13)21)19(24)23(12)17-10-6-5-9-16(17)22/h3-11H,1-2H3/b14-11-. The lowest BCUT2D eigenvalue weighted by Crippen LogP contribution is -2.25. The number of allylic oxidation sites excluding steroid dienone is 1. The molecule has 2 aromatic carbocycles. The van der Waals surface area contributed by atoms with Gasteiger partial charge in [-0.2, -0.15) is 0 Å². The molecule has 4 nitrogen and oxygen atoms in total. The van der Waals surface area contributed by atoms with Crippen molar-refractivity contribution in [1.82, 2.24) is 0 Å². The van der Waals surface area contributed by atoms with Gasteiger partial charge >= 0.3 is 5.97 Å². The molecule has 6 heteroatoms. The maximum absolute atomic E-state index is 14.2. The molecule has 3 rings (SSSR count). The number of amides is 1. The number of carbonyl (C=O) groups is 2. The van der Waals surface area contributed by atoms with Crippen molar-refractivity contribution in [1.29, 1.82) is 0 Å². The SMILES string of the molecule is COC(=O)C1=C(C)N(c2ccccc2F)C(=O)/C1=C\c1ccccc1F. The maximum atomic E-state index is 14.2. The topological polar surface area (TPSA) is 46.6 Å². The van der Waals surface area contributed by atoms with Crippen molar-refractivity contribution in [2.24, 2.45) is 0 Å². The summed E-state index contributed by atoms with van der Waals surface area (Å²) in [5, 5.41) is 0. The number of para-hydroxylation sites is 1. The average molecular weight is 355 g/mol. The maximum Gasteiger partial charge on any atom is 0.340 e. The number of benzene rings is 2. The second kappa shape index (κ2) is 6.92. The summed E-state index contributed by atoms with van der Waals surface area (Å²) in [5.41, 5.74) is 0.287. The van der Waals surface area contributed by atoms with Crippen LogP contribution in [-0.4, -0.2) is 19.0 Å². The molecule has 0 N–H and O–H groups in total. The molecule has 0 atom stereocenters. The highest BCUT2D eigenvalue weighted by molar-refractivity contribution is 6.23. The highest BCUT2D eigenvalue weighted by atomic mass is 19.1. The summed E-state index contributed by atoms with van der Waals surface area (Å²) >= 11 is 0. The summed E-state index contributed by atoms with van der Waals surface area (Å²) in [6.07, 6.45) is 1.27. The fourth-order valence-corrected chi connectivity index (χ4v) is 2.85. The summed E-state index contributed by atoms with van der Waals surface area (Å²) in [5.74, 6) is -2.54. The van der Waals surface area contributed by atoms with Gasteiger partial charge in [0.15, 0.2) is 0 Å². The Morgan fingerprint density at radius 1 is 1.04 bits per heavy atom. The number of nitrogens with zero attached hydrogens (tertiary/aromatic N) is 1. The van der Waals surface area contributed by atoms with Gasteiger partial charge in [-0.25, -0.2) is 13.6 Å². The van der Waals surface area contributed by atoms with E-state index in [1.165, 1.54) is 56.5 Å². The average Bonchev–Trinajstić information content (AvgIpc) is 2.87. The number of halogens is 2. The summed E-state index contributed by atoms with van der Waals surface area (Å²) in [4.78, 5) is 26.3. The second-order valence-corrected chi connectivity index (χ2v) is 5.62. The first kappa shape index (κ1) is 17.5. The van der Waals surface area contributed by atoms with Crippen molar-refractivity contribution in [3.05, 3.63) is 82.6 Å². The van der Waals surface area contributed by atoms with Crippen LogP contribution < -0.4 is 4.90 Å². The van der Waals surface area contributed by atoms with Crippen LogP contribution in [-0.2, 0) is 14.3 Å². The van der Waals surface area contributed by atoms with Gasteiger partial charge in [0.05, 0.1) is 23.9 Å². The predicted octanol–water partition coefficient (Wildman–Crippen LogP) is 3.84. The monoisotopic (exact) mass is 355 g/mol. The third-order valence-electron chi connectivity index (χ3n) is 4.09. The number of hydrogen-bond acceptors (Lipinski definition) is 3. The predicted molar refractivity (Wildman–Crippen MR) is 93.0 cm³/mol. The van der Waals surface area contributed by atoms with Crippen LogP contribution in [0.2, 0.25) is 0 Å². The van der Waals surface area contributed by atoms with E-state index in [9.17, 15) is 18.4 Å². The molecule has 0 aliphatic carbocycles. The van der Waals surface area contributed by atoms with Crippen LogP contribution in [0.25, 0.3) is 6.08 Å². The van der Waals surface area contributed by atoms with Gasteiger partial charge in [-0.1, -0.05) is 30.3 Å². The summed E-state index contributed by atoms with van der Waals surface area (Å²) in [6.45, 7) is 1.51. The van der Waals surface area contributed by atoms with E-state index in [0.717, 1.165) is 4.90 Å². The molecule has 132 valence electrons. The van der Waals surface area contributed by atoms with Crippen LogP contribution in [0.5, 0.6) is 0 Å². The largest absolute Gasteiger partial charge is 0.465 e. The Morgan fingerprint density at radius 3 is 2.27 bits per heavy atom. The molecule has 2 aromatic rings. The molecule has 1 aliphatic heterocycles. The van der Waals surface area contributed by atoms with Gasteiger partial charge in [0, 0.05) is 11.3 Å². The van der Waals surface area contributed by atoms with E-state index in [2.05, 4.69) is 0 Å². The van der Waals surface area contributed by atoms with Gasteiger partial charge < -0.3 is 4.74 Å². The highest BCUT2D eigenvalue weighted by Crippen LogP contribution is 2.36. The first-order valence-corrected chi connectivity index (χ1v) is 7.80. The van der Waals surface area contributed by atoms with Gasteiger partial charge in [-0.05, 0) is 31.2 Å². The molecular formula is C20H15F2NO3. The summed E-state index contributed by atoms with van der Waals surface area (Å²) < 4.78 is 33.0. The van der Waals surface area contributed by atoms with Crippen LogP contribution >= 0.6 is 0 Å². The van der Waals surface area contributed by atoms with E-state index >= 15 is 0 Å². The van der Waals surface area contributed by atoms with Crippen molar-refractivity contribution >= 4 is 23.6 Å². The molecule has 1 aliphatic rings. The number of hydrogen-bond donors (Lipinski definition) is 0. The minimum atomic E-state index is -0.753. The molecule has 0 radical (unpaired) electrons. The Bertz CT molecular complexity index is 963. The number of methoxy groups -OCH3 is 1. The zero-order valence-corrected chi connectivity index (χ0v) is 14.1. The molecule has 1 heterocycles. The van der Waals surface area contributed by atoms with Gasteiger partial charge in [-0.3, -0.25) is 9.69 Å². The van der Waals surface area contributed by atoms with Gasteiger partial charge in [0.1, 0.15) is 11.6 Å². The smallest absolute Gasteiger partial charge is 0.340 e. The quantitative estimate of drug-likeness (QED) is 0.621. The Hall–Kier alpha value is -3.28. The Labute approximate surface area is 149 Å². The highest BCUT2D eigenvalue weighted by Gasteiger charge is 2.38. The van der Waals surface area contributed by atoms with E-state index in [1.807, 2.05) is 0 Å². The fourth-order valence-electron chi connectivity index (χ4n) is 2.85. The second-order valence-electron chi connectivity index (χ2n) is 5.62. The lowest BCUT2D eigenvalue weighted by atomic mass is 10.0. The van der Waals surface area contributed by atoms with Crippen molar-refractivity contribution in [2.75, 3.05) is 12.0 Å². The Balaban J connectivity index is 2.20. The van der Waals surface area contributed by atoms with Gasteiger partial charge in [-0.15, -0.1) is 0 Å². The molecule has 0 fully saturated rings. The van der Waals surface area contributed by atoms with Crippen LogP contribution in [0.1, 0.15) is 12.5 Å². The minimum absolute atomic E-state index is 0.00772. The van der Waals surface area contributed by atoms with E-state index < -0.39 is 23.5 Å². The zero-order chi connectivity index (χ0) is 18.8. The molecule has 0 saturated carbocycles. The third kappa shape index (κ3) is 2.90. The lowest BCUT2D eigenvalue weighted by Gasteiger charge is -2.18. The van der Waals surface area contributed by atoms with Crippen LogP contribution in [0, 0.1) is 11.6 Å². The summed E-state index contributed by atoms with van der Waals surface area (Å²) in [6, 6.07) is 11.6. The van der Waals surface area contributed by atoms with Crippen LogP contribution in [0.4, 0.5) is 14.5 Å². The van der Waals surface area contributed by atoms with Gasteiger partial charge in [0.25, 0.3) is 5.91 Å². The molecule has 0 bridgehead atoms. The zero-order valence-electron chi connectivity index (χ0n) is 14.1. The third-order valence-corrected chi connectivity index (χ3v) is 4.09. The lowest BCUT2D eigenvalue weighted by molar-refractivity contribution is -0.136. The van der Waals surface area contributed by atoms with Crippen molar-refractivity contribution in [2.45, 2.75) is 6.92 Å². The van der Waals surface area contributed by atoms with E-state index in [-0.39, 0.29) is 28.1 Å². The van der Waals surface area contributed by atoms with E-state index in [0.29, 0.717) is 0 Å². The summed E-state index contributed by atoms with van der Waals surface area (Å²) in [7, 11) is 1.18. The number of rotatable bonds is 3. The Kier molecular flexibility index (Phi) is 4.67. The molecule has 1 amide bonds. The number of ether oxygens (including phenoxy) is 1. The molecule has 0 spiro atoms. The first-order chi connectivity index (χ1) is 12.5. The van der Waals surface area contributed by atoms with Crippen molar-refractivity contribution in [3.63, 3.8) is 0 Å². The molecule has 0 unspecified atom stereocenters. The van der Waals surface area contributed by atoms with Gasteiger partial charge in [0.2, 0.25) is 0 Å². The minimum Gasteiger partial charge on any atom is -0.465 e. The van der Waals surface area contributed by atoms with Crippen LogP contribution in [0.3, 0.4) is 0 Å². The normalized spacial score (nSPS) is 15.8. The molecule has 0 saturated heterocycles. The van der Waals surface area contributed by atoms with Crippen molar-refractivity contribution < 1.29 is 23.1 Å². The van der Waals surface area contributed by atoms with E-state index in [1.54, 1.807) is 12.1 Å². The van der Waals surface area contributed by atoms with Crippen LogP contribution in [0.15, 0.2) is 65.4 Å². The molecule has 0 aromatic heterocycles. The number of anilines is 1. The molecular weight excluding hydrogens is 340 g/mol.